The molecule has 0 aromatic heterocycles. The monoisotopic (exact) mass is 265 g/mol. The predicted octanol–water partition coefficient (Wildman–Crippen LogP) is 1.18. The average Bonchev–Trinajstić information content (AvgIpc) is 2.26. The molecule has 0 aliphatic heterocycles. The van der Waals surface area contributed by atoms with Crippen LogP contribution in [0.1, 0.15) is 33.5 Å². The molecule has 1 rings (SSSR count). The fraction of sp³-hybridized carbons (Fsp3) is 0.429. The van der Waals surface area contributed by atoms with Crippen molar-refractivity contribution in [1.82, 2.24) is 5.32 Å². The summed E-state index contributed by atoms with van der Waals surface area (Å²) in [6.45, 7) is 5.81. The number of amides is 1. The van der Waals surface area contributed by atoms with Gasteiger partial charge in [-0.05, 0) is 31.9 Å². The molecule has 1 amide bonds. The summed E-state index contributed by atoms with van der Waals surface area (Å²) in [6.07, 6.45) is -1.45. The van der Waals surface area contributed by atoms with Crippen molar-refractivity contribution >= 4 is 11.9 Å². The quantitative estimate of drug-likeness (QED) is 0.746. The number of carboxylic acids is 1. The van der Waals surface area contributed by atoms with E-state index in [1.165, 1.54) is 0 Å². The van der Waals surface area contributed by atoms with Crippen LogP contribution in [0.2, 0.25) is 0 Å². The predicted molar refractivity (Wildman–Crippen MR) is 71.2 cm³/mol. The molecule has 5 heteroatoms. The van der Waals surface area contributed by atoms with E-state index in [-0.39, 0.29) is 18.9 Å². The van der Waals surface area contributed by atoms with Gasteiger partial charge < -0.3 is 15.5 Å². The Morgan fingerprint density at radius 3 is 2.21 bits per heavy atom. The molecule has 0 radical (unpaired) electrons. The van der Waals surface area contributed by atoms with Gasteiger partial charge in [0.15, 0.2) is 6.10 Å². The van der Waals surface area contributed by atoms with E-state index in [4.69, 9.17) is 10.2 Å². The second-order valence-electron chi connectivity index (χ2n) is 4.67. The second-order valence-corrected chi connectivity index (χ2v) is 4.67. The number of aryl methyl sites for hydroxylation is 3. The standard InChI is InChI=1S/C14H19NO4/c1-8-6-9(2)12(10(3)7-8)13(17)15-5-4-11(16)14(18)19/h6-7,11,16H,4-5H2,1-3H3,(H,15,17)(H,18,19). The molecule has 0 aliphatic carbocycles. The van der Waals surface area contributed by atoms with Crippen LogP contribution in [0.3, 0.4) is 0 Å². The Morgan fingerprint density at radius 1 is 1.21 bits per heavy atom. The Bertz CT molecular complexity index is 473. The maximum absolute atomic E-state index is 12.0. The van der Waals surface area contributed by atoms with Crippen molar-refractivity contribution in [3.8, 4) is 0 Å². The van der Waals surface area contributed by atoms with Crippen LogP contribution in [0.25, 0.3) is 0 Å². The molecule has 0 aliphatic rings. The molecular weight excluding hydrogens is 246 g/mol. The molecule has 3 N–H and O–H groups in total. The van der Waals surface area contributed by atoms with Crippen molar-refractivity contribution in [2.75, 3.05) is 6.54 Å². The van der Waals surface area contributed by atoms with Crippen LogP contribution in [0, 0.1) is 20.8 Å². The summed E-state index contributed by atoms with van der Waals surface area (Å²) in [5, 5.41) is 20.2. The number of benzene rings is 1. The van der Waals surface area contributed by atoms with Crippen LogP contribution < -0.4 is 5.32 Å². The van der Waals surface area contributed by atoms with Crippen LogP contribution >= 0.6 is 0 Å². The zero-order valence-corrected chi connectivity index (χ0v) is 11.4. The van der Waals surface area contributed by atoms with E-state index < -0.39 is 12.1 Å². The molecule has 1 atom stereocenters. The van der Waals surface area contributed by atoms with Gasteiger partial charge in [0.2, 0.25) is 0 Å². The molecule has 104 valence electrons. The van der Waals surface area contributed by atoms with Gasteiger partial charge in [0, 0.05) is 18.5 Å². The molecule has 0 heterocycles. The smallest absolute Gasteiger partial charge is 0.332 e. The summed E-state index contributed by atoms with van der Waals surface area (Å²) in [5.41, 5.74) is 3.46. The van der Waals surface area contributed by atoms with Gasteiger partial charge in [0.05, 0.1) is 0 Å². The Kier molecular flexibility index (Phi) is 5.06. The van der Waals surface area contributed by atoms with Crippen molar-refractivity contribution < 1.29 is 19.8 Å². The highest BCUT2D eigenvalue weighted by molar-refractivity contribution is 5.97. The van der Waals surface area contributed by atoms with Gasteiger partial charge in [-0.15, -0.1) is 0 Å². The molecule has 5 nitrogen and oxygen atoms in total. The number of aliphatic hydroxyl groups is 1. The number of aliphatic hydroxyl groups excluding tert-OH is 1. The third-order valence-corrected chi connectivity index (χ3v) is 2.89. The molecule has 0 saturated carbocycles. The fourth-order valence-corrected chi connectivity index (χ4v) is 2.07. The fourth-order valence-electron chi connectivity index (χ4n) is 2.07. The minimum absolute atomic E-state index is 0.00890. The summed E-state index contributed by atoms with van der Waals surface area (Å²) in [4.78, 5) is 22.4. The molecular formula is C14H19NO4. The average molecular weight is 265 g/mol. The zero-order valence-electron chi connectivity index (χ0n) is 11.4. The molecule has 0 fully saturated rings. The number of carbonyl (C=O) groups is 2. The van der Waals surface area contributed by atoms with Gasteiger partial charge in [-0.2, -0.15) is 0 Å². The lowest BCUT2D eigenvalue weighted by molar-refractivity contribution is -0.146. The maximum atomic E-state index is 12.0. The van der Waals surface area contributed by atoms with E-state index in [0.29, 0.717) is 5.56 Å². The van der Waals surface area contributed by atoms with Crippen LogP contribution in [0.5, 0.6) is 0 Å². The van der Waals surface area contributed by atoms with Gasteiger partial charge in [-0.3, -0.25) is 4.79 Å². The van der Waals surface area contributed by atoms with E-state index >= 15 is 0 Å². The first-order chi connectivity index (χ1) is 8.82. The molecule has 0 bridgehead atoms. The Hall–Kier alpha value is -1.88. The largest absolute Gasteiger partial charge is 0.479 e. The highest BCUT2D eigenvalue weighted by Crippen LogP contribution is 2.16. The highest BCUT2D eigenvalue weighted by atomic mass is 16.4. The normalized spacial score (nSPS) is 12.0. The van der Waals surface area contributed by atoms with Crippen molar-refractivity contribution in [3.05, 3.63) is 34.4 Å². The maximum Gasteiger partial charge on any atom is 0.332 e. The van der Waals surface area contributed by atoms with Crippen molar-refractivity contribution in [3.63, 3.8) is 0 Å². The van der Waals surface area contributed by atoms with Crippen molar-refractivity contribution in [2.45, 2.75) is 33.3 Å². The number of hydrogen-bond acceptors (Lipinski definition) is 3. The molecule has 1 aromatic carbocycles. The van der Waals surface area contributed by atoms with E-state index in [9.17, 15) is 9.59 Å². The first kappa shape index (κ1) is 15.2. The molecule has 0 saturated heterocycles. The third kappa shape index (κ3) is 4.06. The Labute approximate surface area is 112 Å². The minimum atomic E-state index is -1.44. The number of hydrogen-bond donors (Lipinski definition) is 3. The summed E-state index contributed by atoms with van der Waals surface area (Å²) < 4.78 is 0. The summed E-state index contributed by atoms with van der Waals surface area (Å²) >= 11 is 0. The molecule has 0 spiro atoms. The van der Waals surface area contributed by atoms with Crippen LogP contribution in [-0.4, -0.2) is 34.7 Å². The van der Waals surface area contributed by atoms with Gasteiger partial charge >= 0.3 is 5.97 Å². The highest BCUT2D eigenvalue weighted by Gasteiger charge is 2.15. The lowest BCUT2D eigenvalue weighted by Gasteiger charge is -2.12. The SMILES string of the molecule is Cc1cc(C)c(C(=O)NCCC(O)C(=O)O)c(C)c1. The summed E-state index contributed by atoms with van der Waals surface area (Å²) in [5.74, 6) is -1.52. The van der Waals surface area contributed by atoms with Crippen molar-refractivity contribution in [1.29, 1.82) is 0 Å². The van der Waals surface area contributed by atoms with Gasteiger partial charge in [-0.25, -0.2) is 4.79 Å². The van der Waals surface area contributed by atoms with Gasteiger partial charge in [0.25, 0.3) is 5.91 Å². The number of aliphatic carboxylic acids is 1. The van der Waals surface area contributed by atoms with Crippen LogP contribution in [-0.2, 0) is 4.79 Å². The summed E-state index contributed by atoms with van der Waals surface area (Å²) in [6, 6.07) is 3.85. The zero-order chi connectivity index (χ0) is 14.6. The van der Waals surface area contributed by atoms with Gasteiger partial charge in [0.1, 0.15) is 0 Å². The lowest BCUT2D eigenvalue weighted by atomic mass is 9.99. The first-order valence-corrected chi connectivity index (χ1v) is 6.10. The molecule has 1 unspecified atom stereocenters. The van der Waals surface area contributed by atoms with Crippen LogP contribution in [0.4, 0.5) is 0 Å². The van der Waals surface area contributed by atoms with E-state index in [0.717, 1.165) is 16.7 Å². The lowest BCUT2D eigenvalue weighted by Crippen LogP contribution is -2.30. The topological polar surface area (TPSA) is 86.6 Å². The number of rotatable bonds is 5. The number of carboxylic acid groups (broad SMARTS) is 1. The van der Waals surface area contributed by atoms with E-state index in [2.05, 4.69) is 5.32 Å². The first-order valence-electron chi connectivity index (χ1n) is 6.10. The minimum Gasteiger partial charge on any atom is -0.479 e. The Balaban J connectivity index is 2.67. The van der Waals surface area contributed by atoms with E-state index in [1.807, 2.05) is 32.9 Å². The number of nitrogens with one attached hydrogen (secondary N) is 1. The second kappa shape index (κ2) is 6.33. The molecule has 19 heavy (non-hydrogen) atoms. The molecule has 1 aromatic rings. The Morgan fingerprint density at radius 2 is 1.74 bits per heavy atom. The third-order valence-electron chi connectivity index (χ3n) is 2.89. The number of carbonyl (C=O) groups excluding carboxylic acids is 1. The van der Waals surface area contributed by atoms with E-state index in [1.54, 1.807) is 0 Å². The summed E-state index contributed by atoms with van der Waals surface area (Å²) in [7, 11) is 0. The van der Waals surface area contributed by atoms with Crippen LogP contribution in [0.15, 0.2) is 12.1 Å². The van der Waals surface area contributed by atoms with Crippen molar-refractivity contribution in [2.24, 2.45) is 0 Å². The van der Waals surface area contributed by atoms with Gasteiger partial charge in [-0.1, -0.05) is 17.7 Å².